The third-order valence-corrected chi connectivity index (χ3v) is 3.65. The van der Waals surface area contributed by atoms with Gasteiger partial charge >= 0.3 is 0 Å². The van der Waals surface area contributed by atoms with E-state index in [2.05, 4.69) is 22.6 Å². The van der Waals surface area contributed by atoms with Crippen LogP contribution in [0.3, 0.4) is 0 Å². The molecule has 0 spiro atoms. The van der Waals surface area contributed by atoms with Crippen LogP contribution in [-0.4, -0.2) is 4.92 Å². The normalized spacial score (nSPS) is 12.1. The minimum absolute atomic E-state index is 0.128. The summed E-state index contributed by atoms with van der Waals surface area (Å²) in [5, 5.41) is 10.9. The first-order chi connectivity index (χ1) is 9.08. The van der Waals surface area contributed by atoms with Crippen molar-refractivity contribution < 1.29 is 4.92 Å². The molecule has 2 aromatic rings. The number of nitro benzene ring substituents is 1. The molecule has 0 amide bonds. The standard InChI is InChI=1S/C14H13IN2O2/c15-12-7-5-10(6-8-12)13(16)9-11-3-1-2-4-14(11)17(18)19/h1-8,13H,9,16H2. The maximum absolute atomic E-state index is 10.9. The summed E-state index contributed by atoms with van der Waals surface area (Å²) in [4.78, 5) is 10.6. The van der Waals surface area contributed by atoms with Crippen LogP contribution in [0, 0.1) is 13.7 Å². The summed E-state index contributed by atoms with van der Waals surface area (Å²) in [6.07, 6.45) is 0.456. The number of hydrogen-bond donors (Lipinski definition) is 1. The Labute approximate surface area is 124 Å². The first kappa shape index (κ1) is 14.0. The molecule has 19 heavy (non-hydrogen) atoms. The van der Waals surface area contributed by atoms with Crippen LogP contribution in [0.5, 0.6) is 0 Å². The van der Waals surface area contributed by atoms with Gasteiger partial charge in [-0.25, -0.2) is 0 Å². The summed E-state index contributed by atoms with van der Waals surface area (Å²) in [6, 6.07) is 14.4. The smallest absolute Gasteiger partial charge is 0.272 e. The van der Waals surface area contributed by atoms with Crippen molar-refractivity contribution in [3.8, 4) is 0 Å². The van der Waals surface area contributed by atoms with Crippen LogP contribution >= 0.6 is 22.6 Å². The third kappa shape index (κ3) is 3.51. The molecule has 0 saturated heterocycles. The Morgan fingerprint density at radius 2 is 1.79 bits per heavy atom. The van der Waals surface area contributed by atoms with Gasteiger partial charge in [-0.1, -0.05) is 30.3 Å². The molecule has 0 saturated carbocycles. The van der Waals surface area contributed by atoms with E-state index in [1.165, 1.54) is 6.07 Å². The molecule has 2 N–H and O–H groups in total. The topological polar surface area (TPSA) is 69.2 Å². The lowest BCUT2D eigenvalue weighted by Crippen LogP contribution is -2.14. The lowest BCUT2D eigenvalue weighted by Gasteiger charge is -2.12. The molecule has 1 unspecified atom stereocenters. The van der Waals surface area contributed by atoms with Crippen LogP contribution in [0.4, 0.5) is 5.69 Å². The fourth-order valence-corrected chi connectivity index (χ4v) is 2.29. The van der Waals surface area contributed by atoms with Crippen molar-refractivity contribution in [2.75, 3.05) is 0 Å². The van der Waals surface area contributed by atoms with Crippen LogP contribution in [0.15, 0.2) is 48.5 Å². The van der Waals surface area contributed by atoms with E-state index in [9.17, 15) is 10.1 Å². The minimum atomic E-state index is -0.365. The van der Waals surface area contributed by atoms with Crippen molar-refractivity contribution in [3.05, 3.63) is 73.3 Å². The molecule has 0 aliphatic heterocycles. The van der Waals surface area contributed by atoms with Crippen LogP contribution in [0.2, 0.25) is 0 Å². The van der Waals surface area contributed by atoms with Gasteiger partial charge in [-0.2, -0.15) is 0 Å². The molecule has 0 bridgehead atoms. The highest BCUT2D eigenvalue weighted by molar-refractivity contribution is 14.1. The van der Waals surface area contributed by atoms with Crippen LogP contribution in [-0.2, 0) is 6.42 Å². The average molecular weight is 368 g/mol. The number of hydrogen-bond acceptors (Lipinski definition) is 3. The average Bonchev–Trinajstić information content (AvgIpc) is 2.39. The minimum Gasteiger partial charge on any atom is -0.324 e. The van der Waals surface area contributed by atoms with Crippen molar-refractivity contribution in [3.63, 3.8) is 0 Å². The van der Waals surface area contributed by atoms with Crippen molar-refractivity contribution in [2.45, 2.75) is 12.5 Å². The summed E-state index contributed by atoms with van der Waals surface area (Å²) in [7, 11) is 0. The van der Waals surface area contributed by atoms with E-state index in [1.807, 2.05) is 24.3 Å². The SMILES string of the molecule is NC(Cc1ccccc1[N+](=O)[O-])c1ccc(I)cc1. The largest absolute Gasteiger partial charge is 0.324 e. The number of nitrogens with zero attached hydrogens (tertiary/aromatic N) is 1. The molecule has 1 atom stereocenters. The Balaban J connectivity index is 2.21. The number of para-hydroxylation sites is 1. The van der Waals surface area contributed by atoms with Gasteiger partial charge in [-0.3, -0.25) is 10.1 Å². The molecule has 98 valence electrons. The van der Waals surface area contributed by atoms with Crippen molar-refractivity contribution >= 4 is 28.3 Å². The molecule has 4 nitrogen and oxygen atoms in total. The van der Waals surface area contributed by atoms with Gasteiger partial charge in [0.15, 0.2) is 0 Å². The molecule has 0 radical (unpaired) electrons. The fourth-order valence-electron chi connectivity index (χ4n) is 1.93. The molecule has 0 aromatic heterocycles. The molecule has 5 heteroatoms. The van der Waals surface area contributed by atoms with Crippen LogP contribution in [0.25, 0.3) is 0 Å². The zero-order valence-corrected chi connectivity index (χ0v) is 12.3. The van der Waals surface area contributed by atoms with E-state index in [0.717, 1.165) is 9.13 Å². The molecule has 0 aliphatic carbocycles. The first-order valence-corrected chi connectivity index (χ1v) is 6.89. The van der Waals surface area contributed by atoms with E-state index in [1.54, 1.807) is 18.2 Å². The Morgan fingerprint density at radius 3 is 2.42 bits per heavy atom. The van der Waals surface area contributed by atoms with Gasteiger partial charge in [0.25, 0.3) is 5.69 Å². The number of benzene rings is 2. The summed E-state index contributed by atoms with van der Waals surface area (Å²) < 4.78 is 1.14. The first-order valence-electron chi connectivity index (χ1n) is 5.81. The quantitative estimate of drug-likeness (QED) is 0.511. The number of rotatable bonds is 4. The lowest BCUT2D eigenvalue weighted by atomic mass is 9.99. The second-order valence-corrected chi connectivity index (χ2v) is 5.49. The second kappa shape index (κ2) is 6.12. The molecule has 0 aliphatic rings. The molecular formula is C14H13IN2O2. The Morgan fingerprint density at radius 1 is 1.16 bits per heavy atom. The molecular weight excluding hydrogens is 355 g/mol. The summed E-state index contributed by atoms with van der Waals surface area (Å²) in [5.74, 6) is 0. The lowest BCUT2D eigenvalue weighted by molar-refractivity contribution is -0.385. The third-order valence-electron chi connectivity index (χ3n) is 2.93. The Bertz CT molecular complexity index is 584. The predicted octanol–water partition coefficient (Wildman–Crippen LogP) is 3.44. The molecule has 0 fully saturated rings. The Hall–Kier alpha value is -1.47. The zero-order chi connectivity index (χ0) is 13.8. The van der Waals surface area contributed by atoms with Crippen molar-refractivity contribution in [2.24, 2.45) is 5.73 Å². The van der Waals surface area contributed by atoms with Crippen molar-refractivity contribution in [1.82, 2.24) is 0 Å². The van der Waals surface area contributed by atoms with E-state index >= 15 is 0 Å². The monoisotopic (exact) mass is 368 g/mol. The maximum atomic E-state index is 10.9. The predicted molar refractivity (Wildman–Crippen MR) is 82.9 cm³/mol. The number of nitro groups is 1. The highest BCUT2D eigenvalue weighted by Crippen LogP contribution is 2.23. The van der Waals surface area contributed by atoms with Gasteiger partial charge < -0.3 is 5.73 Å². The highest BCUT2D eigenvalue weighted by Gasteiger charge is 2.16. The molecule has 0 heterocycles. The summed E-state index contributed by atoms with van der Waals surface area (Å²) >= 11 is 2.23. The van der Waals surface area contributed by atoms with E-state index in [0.29, 0.717) is 12.0 Å². The van der Waals surface area contributed by atoms with Gasteiger partial charge in [0.05, 0.1) is 4.92 Å². The van der Waals surface area contributed by atoms with Gasteiger partial charge in [-0.05, 0) is 46.7 Å². The highest BCUT2D eigenvalue weighted by atomic mass is 127. The van der Waals surface area contributed by atoms with Crippen LogP contribution < -0.4 is 5.73 Å². The van der Waals surface area contributed by atoms with E-state index in [4.69, 9.17) is 5.73 Å². The number of halogens is 1. The number of nitrogens with two attached hydrogens (primary N) is 1. The van der Waals surface area contributed by atoms with E-state index < -0.39 is 0 Å². The van der Waals surface area contributed by atoms with Gasteiger partial charge in [0.1, 0.15) is 0 Å². The molecule has 2 rings (SSSR count). The zero-order valence-electron chi connectivity index (χ0n) is 10.1. The molecule has 2 aromatic carbocycles. The summed E-state index contributed by atoms with van der Waals surface area (Å²) in [5.41, 5.74) is 7.90. The maximum Gasteiger partial charge on any atom is 0.272 e. The van der Waals surface area contributed by atoms with Gasteiger partial charge in [0.2, 0.25) is 0 Å². The van der Waals surface area contributed by atoms with Gasteiger partial charge in [0, 0.05) is 21.2 Å². The fraction of sp³-hybridized carbons (Fsp3) is 0.143. The Kier molecular flexibility index (Phi) is 4.49. The summed E-state index contributed by atoms with van der Waals surface area (Å²) in [6.45, 7) is 0. The second-order valence-electron chi connectivity index (χ2n) is 4.25. The van der Waals surface area contributed by atoms with Crippen molar-refractivity contribution in [1.29, 1.82) is 0 Å². The van der Waals surface area contributed by atoms with E-state index in [-0.39, 0.29) is 16.7 Å². The van der Waals surface area contributed by atoms with Crippen LogP contribution in [0.1, 0.15) is 17.2 Å². The van der Waals surface area contributed by atoms with Gasteiger partial charge in [-0.15, -0.1) is 0 Å².